The largest absolute Gasteiger partial charge is 0.493 e. The average molecular weight is 308 g/mol. The van der Waals surface area contributed by atoms with Crippen molar-refractivity contribution in [2.75, 3.05) is 6.61 Å². The van der Waals surface area contributed by atoms with E-state index in [1.165, 1.54) is 5.56 Å². The molecule has 23 heavy (non-hydrogen) atoms. The highest BCUT2D eigenvalue weighted by atomic mass is 16.5. The topological polar surface area (TPSA) is 47.1 Å². The first-order valence-corrected chi connectivity index (χ1v) is 7.81. The van der Waals surface area contributed by atoms with Crippen LogP contribution in [-0.2, 0) is 12.8 Å². The predicted molar refractivity (Wildman–Crippen MR) is 90.1 cm³/mol. The van der Waals surface area contributed by atoms with Crippen LogP contribution in [0.2, 0.25) is 0 Å². The smallest absolute Gasteiger partial charge is 0.127 e. The number of rotatable bonds is 7. The Kier molecular flexibility index (Phi) is 4.94. The van der Waals surface area contributed by atoms with Gasteiger partial charge in [0.15, 0.2) is 0 Å². The van der Waals surface area contributed by atoms with E-state index in [-0.39, 0.29) is 0 Å². The Balaban J connectivity index is 1.51. The van der Waals surface area contributed by atoms with Gasteiger partial charge in [-0.25, -0.2) is 0 Å². The maximum Gasteiger partial charge on any atom is 0.127 e. The van der Waals surface area contributed by atoms with Crippen molar-refractivity contribution in [1.29, 1.82) is 0 Å². The van der Waals surface area contributed by atoms with Crippen molar-refractivity contribution in [2.45, 2.75) is 19.8 Å². The molecule has 4 nitrogen and oxygen atoms in total. The molecule has 1 heterocycles. The third kappa shape index (κ3) is 4.36. The Bertz CT molecular complexity index is 704. The van der Waals surface area contributed by atoms with E-state index in [9.17, 15) is 0 Å². The van der Waals surface area contributed by atoms with Gasteiger partial charge >= 0.3 is 0 Å². The summed E-state index contributed by atoms with van der Waals surface area (Å²) in [5.41, 5.74) is 2.44. The van der Waals surface area contributed by atoms with E-state index in [2.05, 4.69) is 29.3 Å². The molecule has 1 N–H and O–H groups in total. The summed E-state index contributed by atoms with van der Waals surface area (Å²) < 4.78 is 11.5. The SMILES string of the molecule is CCc1ccc(Oc2ccc(OCCc3cn[nH]c3)cc2)cc1. The molecule has 3 aromatic rings. The third-order valence-corrected chi connectivity index (χ3v) is 3.61. The minimum Gasteiger partial charge on any atom is -0.493 e. The zero-order chi connectivity index (χ0) is 15.9. The maximum absolute atomic E-state index is 5.83. The van der Waals surface area contributed by atoms with Gasteiger partial charge in [-0.15, -0.1) is 0 Å². The lowest BCUT2D eigenvalue weighted by Crippen LogP contribution is -2.00. The number of ether oxygens (including phenoxy) is 2. The van der Waals surface area contributed by atoms with Crippen molar-refractivity contribution in [3.8, 4) is 17.2 Å². The van der Waals surface area contributed by atoms with Crippen LogP contribution in [0, 0.1) is 0 Å². The summed E-state index contributed by atoms with van der Waals surface area (Å²) in [4.78, 5) is 0. The molecule has 0 fully saturated rings. The fraction of sp³-hybridized carbons (Fsp3) is 0.211. The van der Waals surface area contributed by atoms with Crippen molar-refractivity contribution in [2.24, 2.45) is 0 Å². The molecule has 0 amide bonds. The molecule has 3 rings (SSSR count). The lowest BCUT2D eigenvalue weighted by molar-refractivity contribution is 0.321. The second kappa shape index (κ2) is 7.49. The summed E-state index contributed by atoms with van der Waals surface area (Å²) in [6.45, 7) is 2.76. The van der Waals surface area contributed by atoms with E-state index in [4.69, 9.17) is 9.47 Å². The average Bonchev–Trinajstić information content (AvgIpc) is 3.11. The number of nitrogens with one attached hydrogen (secondary N) is 1. The summed E-state index contributed by atoms with van der Waals surface area (Å²) >= 11 is 0. The van der Waals surface area contributed by atoms with Crippen LogP contribution in [0.4, 0.5) is 0 Å². The van der Waals surface area contributed by atoms with E-state index in [0.717, 1.165) is 35.7 Å². The molecule has 0 bridgehead atoms. The van der Waals surface area contributed by atoms with Gasteiger partial charge in [-0.2, -0.15) is 5.10 Å². The molecular formula is C19H20N2O2. The van der Waals surface area contributed by atoms with Crippen molar-refractivity contribution in [3.63, 3.8) is 0 Å². The van der Waals surface area contributed by atoms with Crippen molar-refractivity contribution >= 4 is 0 Å². The summed E-state index contributed by atoms with van der Waals surface area (Å²) in [6.07, 6.45) is 5.55. The van der Waals surface area contributed by atoms with E-state index in [0.29, 0.717) is 6.61 Å². The number of hydrogen-bond donors (Lipinski definition) is 1. The zero-order valence-electron chi connectivity index (χ0n) is 13.2. The monoisotopic (exact) mass is 308 g/mol. The molecule has 0 radical (unpaired) electrons. The summed E-state index contributed by atoms with van der Waals surface area (Å²) in [7, 11) is 0. The quantitative estimate of drug-likeness (QED) is 0.704. The van der Waals surface area contributed by atoms with Gasteiger partial charge in [-0.3, -0.25) is 5.10 Å². The van der Waals surface area contributed by atoms with Crippen molar-refractivity contribution in [3.05, 3.63) is 72.1 Å². The summed E-state index contributed by atoms with van der Waals surface area (Å²) in [5.74, 6) is 2.48. The Hall–Kier alpha value is -2.75. The van der Waals surface area contributed by atoms with Crippen LogP contribution in [0.15, 0.2) is 60.9 Å². The first kappa shape index (κ1) is 15.2. The Morgan fingerprint density at radius 2 is 1.52 bits per heavy atom. The normalized spacial score (nSPS) is 10.5. The molecule has 0 unspecified atom stereocenters. The Morgan fingerprint density at radius 1 is 0.870 bits per heavy atom. The molecule has 0 aliphatic heterocycles. The van der Waals surface area contributed by atoms with E-state index >= 15 is 0 Å². The van der Waals surface area contributed by atoms with E-state index in [1.54, 1.807) is 0 Å². The van der Waals surface area contributed by atoms with Gasteiger partial charge in [-0.05, 0) is 53.9 Å². The number of aromatic amines is 1. The second-order valence-electron chi connectivity index (χ2n) is 5.28. The molecule has 118 valence electrons. The lowest BCUT2D eigenvalue weighted by Gasteiger charge is -2.08. The fourth-order valence-electron chi connectivity index (χ4n) is 2.23. The van der Waals surface area contributed by atoms with Gasteiger partial charge in [0.05, 0.1) is 12.8 Å². The maximum atomic E-state index is 5.83. The van der Waals surface area contributed by atoms with Crippen LogP contribution in [0.5, 0.6) is 17.2 Å². The molecule has 0 spiro atoms. The van der Waals surface area contributed by atoms with Crippen molar-refractivity contribution < 1.29 is 9.47 Å². The number of H-pyrrole nitrogens is 1. The number of benzene rings is 2. The lowest BCUT2D eigenvalue weighted by atomic mass is 10.2. The highest BCUT2D eigenvalue weighted by Gasteiger charge is 2.00. The Labute approximate surface area is 136 Å². The van der Waals surface area contributed by atoms with Crippen molar-refractivity contribution in [1.82, 2.24) is 10.2 Å². The van der Waals surface area contributed by atoms with Gasteiger partial charge in [0.25, 0.3) is 0 Å². The predicted octanol–water partition coefficient (Wildman–Crippen LogP) is 4.39. The Morgan fingerprint density at radius 3 is 2.13 bits per heavy atom. The fourth-order valence-corrected chi connectivity index (χ4v) is 2.23. The molecule has 0 aliphatic carbocycles. The first-order valence-electron chi connectivity index (χ1n) is 7.81. The highest BCUT2D eigenvalue weighted by molar-refractivity contribution is 5.36. The van der Waals surface area contributed by atoms with Gasteiger partial charge in [-0.1, -0.05) is 19.1 Å². The molecule has 0 saturated heterocycles. The summed E-state index contributed by atoms with van der Waals surface area (Å²) in [5, 5.41) is 6.71. The van der Waals surface area contributed by atoms with Gasteiger partial charge in [0.1, 0.15) is 17.2 Å². The molecule has 4 heteroatoms. The molecule has 2 aromatic carbocycles. The van der Waals surface area contributed by atoms with E-state index in [1.807, 2.05) is 48.8 Å². The molecule has 1 aromatic heterocycles. The number of nitrogens with zero attached hydrogens (tertiary/aromatic N) is 1. The molecular weight excluding hydrogens is 288 g/mol. The van der Waals surface area contributed by atoms with Crippen LogP contribution < -0.4 is 9.47 Å². The van der Waals surface area contributed by atoms with Gasteiger partial charge < -0.3 is 9.47 Å². The van der Waals surface area contributed by atoms with Crippen LogP contribution in [-0.4, -0.2) is 16.8 Å². The molecule has 0 saturated carbocycles. The van der Waals surface area contributed by atoms with Crippen LogP contribution >= 0.6 is 0 Å². The first-order chi connectivity index (χ1) is 11.3. The van der Waals surface area contributed by atoms with Crippen LogP contribution in [0.3, 0.4) is 0 Å². The second-order valence-corrected chi connectivity index (χ2v) is 5.28. The minimum absolute atomic E-state index is 0.623. The van der Waals surface area contributed by atoms with Gasteiger partial charge in [0, 0.05) is 12.6 Å². The highest BCUT2D eigenvalue weighted by Crippen LogP contribution is 2.24. The summed E-state index contributed by atoms with van der Waals surface area (Å²) in [6, 6.07) is 15.8. The van der Waals surface area contributed by atoms with E-state index < -0.39 is 0 Å². The standard InChI is InChI=1S/C19H20N2O2/c1-2-15-3-5-18(6-4-15)23-19-9-7-17(8-10-19)22-12-11-16-13-20-21-14-16/h3-10,13-14H,2,11-12H2,1H3,(H,20,21). The van der Waals surface area contributed by atoms with Crippen LogP contribution in [0.1, 0.15) is 18.1 Å². The number of aromatic nitrogens is 2. The minimum atomic E-state index is 0.623. The zero-order valence-corrected chi connectivity index (χ0v) is 13.2. The van der Waals surface area contributed by atoms with Gasteiger partial charge in [0.2, 0.25) is 0 Å². The number of hydrogen-bond acceptors (Lipinski definition) is 3. The molecule has 0 aliphatic rings. The van der Waals surface area contributed by atoms with Crippen LogP contribution in [0.25, 0.3) is 0 Å². The third-order valence-electron chi connectivity index (χ3n) is 3.61. The molecule has 0 atom stereocenters. The number of aryl methyl sites for hydroxylation is 1.